The van der Waals surface area contributed by atoms with Gasteiger partial charge in [-0.25, -0.2) is 5.09 Å². The second-order valence-corrected chi connectivity index (χ2v) is 10.4. The Kier molecular flexibility index (Phi) is 7.49. The molecule has 6 nitrogen and oxygen atoms in total. The fourth-order valence-electron chi connectivity index (χ4n) is 3.36. The SMILES string of the molecule is Cc1ccc2c(c1)[C@H](CC(C)C)NC(=O)[C@H](CC(C)C)NP(=O)(O)CCO2. The fourth-order valence-corrected chi connectivity index (χ4v) is 4.53. The van der Waals surface area contributed by atoms with Crippen LogP contribution < -0.4 is 15.1 Å². The van der Waals surface area contributed by atoms with Crippen molar-refractivity contribution in [3.63, 3.8) is 0 Å². The van der Waals surface area contributed by atoms with Crippen LogP contribution in [0.2, 0.25) is 0 Å². The van der Waals surface area contributed by atoms with Crippen molar-refractivity contribution in [2.45, 2.75) is 59.5 Å². The zero-order chi connectivity index (χ0) is 20.2. The highest BCUT2D eigenvalue weighted by molar-refractivity contribution is 7.55. The van der Waals surface area contributed by atoms with E-state index in [9.17, 15) is 14.3 Å². The van der Waals surface area contributed by atoms with E-state index < -0.39 is 13.6 Å². The van der Waals surface area contributed by atoms with Gasteiger partial charge in [-0.05, 0) is 37.7 Å². The summed E-state index contributed by atoms with van der Waals surface area (Å²) in [5.74, 6) is 1.01. The van der Waals surface area contributed by atoms with Crippen molar-refractivity contribution < 1.29 is 19.0 Å². The molecule has 0 saturated heterocycles. The molecule has 7 heteroatoms. The van der Waals surface area contributed by atoms with Crippen molar-refractivity contribution in [3.05, 3.63) is 29.3 Å². The van der Waals surface area contributed by atoms with Crippen LogP contribution in [0.3, 0.4) is 0 Å². The van der Waals surface area contributed by atoms with E-state index >= 15 is 0 Å². The Morgan fingerprint density at radius 3 is 2.44 bits per heavy atom. The second-order valence-electron chi connectivity index (χ2n) is 8.32. The smallest absolute Gasteiger partial charge is 0.271 e. The van der Waals surface area contributed by atoms with E-state index in [4.69, 9.17) is 4.74 Å². The third-order valence-electron chi connectivity index (χ3n) is 4.60. The quantitative estimate of drug-likeness (QED) is 0.674. The molecule has 1 aromatic carbocycles. The average molecular weight is 396 g/mol. The van der Waals surface area contributed by atoms with Crippen molar-refractivity contribution in [3.8, 4) is 5.75 Å². The molecule has 3 atom stereocenters. The first-order valence-electron chi connectivity index (χ1n) is 9.70. The minimum atomic E-state index is -3.68. The molecule has 0 bridgehead atoms. The molecule has 152 valence electrons. The first kappa shape index (κ1) is 21.9. The van der Waals surface area contributed by atoms with Gasteiger partial charge < -0.3 is 14.9 Å². The van der Waals surface area contributed by atoms with E-state index in [1.807, 2.05) is 39.0 Å². The lowest BCUT2D eigenvalue weighted by molar-refractivity contribution is -0.124. The predicted octanol–water partition coefficient (Wildman–Crippen LogP) is 3.78. The number of amides is 1. The van der Waals surface area contributed by atoms with Gasteiger partial charge in [-0.1, -0.05) is 45.4 Å². The van der Waals surface area contributed by atoms with Gasteiger partial charge in [-0.3, -0.25) is 9.36 Å². The molecule has 0 saturated carbocycles. The molecule has 1 heterocycles. The van der Waals surface area contributed by atoms with Crippen LogP contribution in [0.15, 0.2) is 18.2 Å². The molecular formula is C20H33N2O4P. The van der Waals surface area contributed by atoms with Crippen LogP contribution in [0.4, 0.5) is 0 Å². The Bertz CT molecular complexity index is 705. The molecule has 3 N–H and O–H groups in total. The summed E-state index contributed by atoms with van der Waals surface area (Å²) in [6.45, 7) is 10.3. The Balaban J connectivity index is 2.44. The minimum absolute atomic E-state index is 0.0446. The van der Waals surface area contributed by atoms with Crippen molar-refractivity contribution >= 4 is 13.4 Å². The first-order chi connectivity index (χ1) is 12.6. The van der Waals surface area contributed by atoms with E-state index in [0.717, 1.165) is 17.5 Å². The molecule has 1 amide bonds. The number of hydrogen-bond acceptors (Lipinski definition) is 3. The molecule has 27 heavy (non-hydrogen) atoms. The lowest BCUT2D eigenvalue weighted by Crippen LogP contribution is -2.45. The summed E-state index contributed by atoms with van der Waals surface area (Å²) < 4.78 is 18.4. The van der Waals surface area contributed by atoms with E-state index in [0.29, 0.717) is 18.1 Å². The first-order valence-corrected chi connectivity index (χ1v) is 11.5. The molecule has 0 fully saturated rings. The Hall–Kier alpha value is -1.36. The van der Waals surface area contributed by atoms with Crippen LogP contribution in [0.1, 0.15) is 57.7 Å². The van der Waals surface area contributed by atoms with Crippen LogP contribution in [-0.2, 0) is 9.36 Å². The molecule has 0 radical (unpaired) electrons. The highest BCUT2D eigenvalue weighted by atomic mass is 31.2. The number of ether oxygens (including phenoxy) is 1. The maximum atomic E-state index is 13.0. The monoisotopic (exact) mass is 396 g/mol. The summed E-state index contributed by atoms with van der Waals surface area (Å²) >= 11 is 0. The summed E-state index contributed by atoms with van der Waals surface area (Å²) in [4.78, 5) is 23.3. The maximum absolute atomic E-state index is 13.0. The lowest BCUT2D eigenvalue weighted by Gasteiger charge is -2.27. The number of aryl methyl sites for hydroxylation is 1. The minimum Gasteiger partial charge on any atom is -0.493 e. The number of carbonyl (C=O) groups is 1. The van der Waals surface area contributed by atoms with Gasteiger partial charge in [0.1, 0.15) is 5.75 Å². The molecule has 2 rings (SSSR count). The number of hydrogen-bond donors (Lipinski definition) is 3. The summed E-state index contributed by atoms with van der Waals surface area (Å²) in [7, 11) is -3.68. The average Bonchev–Trinajstić information content (AvgIpc) is 2.54. The molecule has 0 spiro atoms. The predicted molar refractivity (Wildman–Crippen MR) is 108 cm³/mol. The van der Waals surface area contributed by atoms with Crippen LogP contribution in [0, 0.1) is 18.8 Å². The second kappa shape index (κ2) is 9.22. The maximum Gasteiger partial charge on any atom is 0.271 e. The summed E-state index contributed by atoms with van der Waals surface area (Å²) in [6, 6.07) is 4.94. The lowest BCUT2D eigenvalue weighted by atomic mass is 9.94. The van der Waals surface area contributed by atoms with Gasteiger partial charge in [0, 0.05) is 5.56 Å². The molecule has 1 aliphatic rings. The van der Waals surface area contributed by atoms with Crippen molar-refractivity contribution in [1.82, 2.24) is 10.4 Å². The van der Waals surface area contributed by atoms with Gasteiger partial charge in [0.15, 0.2) is 0 Å². The van der Waals surface area contributed by atoms with E-state index in [-0.39, 0.29) is 30.6 Å². The van der Waals surface area contributed by atoms with Crippen molar-refractivity contribution in [1.29, 1.82) is 0 Å². The molecule has 1 unspecified atom stereocenters. The van der Waals surface area contributed by atoms with Crippen LogP contribution in [0.25, 0.3) is 0 Å². The topological polar surface area (TPSA) is 87.7 Å². The molecule has 0 aromatic heterocycles. The molecule has 1 aromatic rings. The standard InChI is InChI=1S/C20H33N2O4P/c1-13(2)10-17-16-12-15(5)6-7-19(16)26-8-9-27(24,25)22-18(11-14(3)4)20(23)21-17/h6-7,12-14,17-18H,8-11H2,1-5H3,(H,21,23)(H2,22,24,25)/t17-,18-/m0/s1. The highest BCUT2D eigenvalue weighted by Crippen LogP contribution is 2.38. The van der Waals surface area contributed by atoms with Gasteiger partial charge in [0.05, 0.1) is 24.9 Å². The van der Waals surface area contributed by atoms with Crippen LogP contribution in [0.5, 0.6) is 5.75 Å². The molecule has 0 aliphatic carbocycles. The van der Waals surface area contributed by atoms with Crippen LogP contribution >= 0.6 is 7.52 Å². The number of fused-ring (bicyclic) bond motifs is 1. The van der Waals surface area contributed by atoms with E-state index in [1.165, 1.54) is 0 Å². The van der Waals surface area contributed by atoms with Gasteiger partial charge in [-0.15, -0.1) is 0 Å². The van der Waals surface area contributed by atoms with E-state index in [1.54, 1.807) is 0 Å². The molecule has 1 aliphatic heterocycles. The summed E-state index contributed by atoms with van der Waals surface area (Å²) in [5.41, 5.74) is 2.01. The third kappa shape index (κ3) is 6.63. The Morgan fingerprint density at radius 1 is 1.19 bits per heavy atom. The van der Waals surface area contributed by atoms with Gasteiger partial charge >= 0.3 is 0 Å². The zero-order valence-corrected chi connectivity index (χ0v) is 17.9. The van der Waals surface area contributed by atoms with Gasteiger partial charge in [0.2, 0.25) is 5.91 Å². The largest absolute Gasteiger partial charge is 0.493 e. The number of nitrogens with one attached hydrogen (secondary N) is 2. The normalized spacial score (nSPS) is 26.9. The Morgan fingerprint density at radius 2 is 1.81 bits per heavy atom. The van der Waals surface area contributed by atoms with Gasteiger partial charge in [-0.2, -0.15) is 0 Å². The summed E-state index contributed by atoms with van der Waals surface area (Å²) in [6.07, 6.45) is 1.21. The fraction of sp³-hybridized carbons (Fsp3) is 0.650. The number of benzene rings is 1. The van der Waals surface area contributed by atoms with Crippen LogP contribution in [-0.4, -0.2) is 29.6 Å². The van der Waals surface area contributed by atoms with E-state index in [2.05, 4.69) is 24.3 Å². The van der Waals surface area contributed by atoms with Crippen molar-refractivity contribution in [2.24, 2.45) is 11.8 Å². The van der Waals surface area contributed by atoms with Gasteiger partial charge in [0.25, 0.3) is 7.52 Å². The highest BCUT2D eigenvalue weighted by Gasteiger charge is 2.32. The summed E-state index contributed by atoms with van der Waals surface area (Å²) in [5, 5.41) is 5.81. The number of carbonyl (C=O) groups excluding carboxylic acids is 1. The molecular weight excluding hydrogens is 363 g/mol. The third-order valence-corrected chi connectivity index (χ3v) is 6.10. The Labute approximate surface area is 162 Å². The zero-order valence-electron chi connectivity index (χ0n) is 17.0. The van der Waals surface area contributed by atoms with Crippen molar-refractivity contribution in [2.75, 3.05) is 12.8 Å². The number of rotatable bonds is 4.